The van der Waals surface area contributed by atoms with Crippen LogP contribution in [0, 0.1) is 11.3 Å². The molecule has 2 aromatic rings. The van der Waals surface area contributed by atoms with Gasteiger partial charge in [0.2, 0.25) is 5.60 Å². The summed E-state index contributed by atoms with van der Waals surface area (Å²) in [6.45, 7) is -0.337. The zero-order valence-electron chi connectivity index (χ0n) is 20.3. The molecular formula is C23H28N6O8. The number of rotatable bonds is 7. The fourth-order valence-corrected chi connectivity index (χ4v) is 5.09. The van der Waals surface area contributed by atoms with Gasteiger partial charge in [0.05, 0.1) is 5.69 Å². The lowest BCUT2D eigenvalue weighted by Gasteiger charge is -2.29. The number of anilines is 1. The molecule has 4 N–H and O–H groups in total. The molecule has 0 aromatic carbocycles. The number of hydrogen-bond acceptors (Lipinski definition) is 13. The molecule has 5 rings (SSSR count). The Hall–Kier alpha value is -3.51. The number of aliphatic hydroxyl groups is 2. The lowest BCUT2D eigenvalue weighted by atomic mass is 9.90. The minimum Gasteiger partial charge on any atom is -0.461 e. The Morgan fingerprint density at radius 2 is 2.08 bits per heavy atom. The summed E-state index contributed by atoms with van der Waals surface area (Å²) in [7, 11) is 3.30. The molecule has 2 saturated carbocycles. The lowest BCUT2D eigenvalue weighted by Crippen LogP contribution is -2.48. The summed E-state index contributed by atoms with van der Waals surface area (Å²) in [4.78, 5) is 30.4. The molecule has 1 aliphatic heterocycles. The maximum absolute atomic E-state index is 12.5. The highest BCUT2D eigenvalue weighted by Gasteiger charge is 2.84. The molecule has 3 heterocycles. The molecule has 1 saturated heterocycles. The monoisotopic (exact) mass is 516 g/mol. The minimum atomic E-state index is -2.06. The molecule has 198 valence electrons. The molecule has 14 nitrogen and oxygen atoms in total. The van der Waals surface area contributed by atoms with Crippen LogP contribution in [0.25, 0.3) is 5.52 Å². The Morgan fingerprint density at radius 1 is 1.35 bits per heavy atom. The molecule has 0 amide bonds. The van der Waals surface area contributed by atoms with Gasteiger partial charge >= 0.3 is 12.1 Å². The van der Waals surface area contributed by atoms with Crippen LogP contribution in [0.4, 0.5) is 10.6 Å². The smallest absolute Gasteiger partial charge is 0.461 e. The standard InChI is InChI=1S/C23H28N6O8/c1-28(2)14(19(30)35-12-5-3-4-6-12)9-34-21(32)36-16-17-23(16,33)20(31)22(10-24,37-17)15-8-7-13-18(25)26-11-27-29(13)15/h7-8,11-12,14,16-17,20,31,33H,3-6,9H2,1-2H3,(H2,25,26,27)/t14-,16?,17+,20-,22-,23+/m0/s1. The first-order valence-electron chi connectivity index (χ1n) is 11.9. The fraction of sp³-hybridized carbons (Fsp3) is 0.609. The number of nitrogens with zero attached hydrogens (tertiary/aromatic N) is 5. The SMILES string of the molecule is CN(C)[C@@H](COC(=O)OC1[C@H]2O[C@@](C#N)(c3ccc4c(N)ncnn34)[C@H](O)[C@@]12O)C(=O)OC1CCCC1. The highest BCUT2D eigenvalue weighted by molar-refractivity contribution is 5.76. The normalized spacial score (nSPS) is 31.6. The number of nitrogens with two attached hydrogens (primary N) is 1. The second-order valence-electron chi connectivity index (χ2n) is 9.76. The van der Waals surface area contributed by atoms with Gasteiger partial charge in [-0.3, -0.25) is 9.69 Å². The Balaban J connectivity index is 1.23. The molecule has 0 spiro atoms. The molecule has 6 atom stereocenters. The predicted octanol–water partition coefficient (Wildman–Crippen LogP) is -0.527. The van der Waals surface area contributed by atoms with Crippen molar-refractivity contribution in [2.45, 2.75) is 67.3 Å². The average Bonchev–Trinajstić information content (AvgIpc) is 3.34. The number of carbonyl (C=O) groups is 2. The van der Waals surface area contributed by atoms with E-state index in [1.165, 1.54) is 16.9 Å². The van der Waals surface area contributed by atoms with Crippen molar-refractivity contribution in [3.05, 3.63) is 24.2 Å². The third kappa shape index (κ3) is 3.95. The van der Waals surface area contributed by atoms with Gasteiger partial charge in [-0.25, -0.2) is 14.3 Å². The van der Waals surface area contributed by atoms with Crippen LogP contribution in [-0.2, 0) is 29.3 Å². The summed E-state index contributed by atoms with van der Waals surface area (Å²) in [5, 5.41) is 36.1. The summed E-state index contributed by atoms with van der Waals surface area (Å²) in [5.41, 5.74) is 2.29. The summed E-state index contributed by atoms with van der Waals surface area (Å²) in [6, 6.07) is 4.10. The maximum atomic E-state index is 12.5. The molecule has 14 heteroatoms. The van der Waals surface area contributed by atoms with Crippen LogP contribution >= 0.6 is 0 Å². The van der Waals surface area contributed by atoms with E-state index in [2.05, 4.69) is 10.1 Å². The minimum absolute atomic E-state index is 0.128. The highest BCUT2D eigenvalue weighted by atomic mass is 16.8. The van der Waals surface area contributed by atoms with Crippen LogP contribution < -0.4 is 5.73 Å². The topological polar surface area (TPSA) is 195 Å². The van der Waals surface area contributed by atoms with Crippen LogP contribution in [0.2, 0.25) is 0 Å². The molecule has 37 heavy (non-hydrogen) atoms. The first-order valence-corrected chi connectivity index (χ1v) is 11.9. The number of fused-ring (bicyclic) bond motifs is 2. The van der Waals surface area contributed by atoms with Gasteiger partial charge in [-0.1, -0.05) is 0 Å². The van der Waals surface area contributed by atoms with Crippen LogP contribution in [0.3, 0.4) is 0 Å². The van der Waals surface area contributed by atoms with Crippen LogP contribution in [0.1, 0.15) is 31.4 Å². The van der Waals surface area contributed by atoms with E-state index >= 15 is 0 Å². The van der Waals surface area contributed by atoms with Gasteiger partial charge in [0.1, 0.15) is 48.9 Å². The second-order valence-corrected chi connectivity index (χ2v) is 9.76. The third-order valence-electron chi connectivity index (χ3n) is 7.30. The number of aromatic nitrogens is 3. The Labute approximate surface area is 211 Å². The fourth-order valence-electron chi connectivity index (χ4n) is 5.09. The third-order valence-corrected chi connectivity index (χ3v) is 7.30. The summed E-state index contributed by atoms with van der Waals surface area (Å²) >= 11 is 0. The van der Waals surface area contributed by atoms with Crippen molar-refractivity contribution in [1.82, 2.24) is 19.5 Å². The number of hydrogen-bond donors (Lipinski definition) is 3. The molecule has 0 radical (unpaired) electrons. The van der Waals surface area contributed by atoms with Crippen LogP contribution in [0.5, 0.6) is 0 Å². The lowest BCUT2D eigenvalue weighted by molar-refractivity contribution is -0.156. The number of nitriles is 1. The van der Waals surface area contributed by atoms with Crippen molar-refractivity contribution in [3.63, 3.8) is 0 Å². The largest absolute Gasteiger partial charge is 0.508 e. The van der Waals surface area contributed by atoms with Crippen molar-refractivity contribution < 1.29 is 38.7 Å². The van der Waals surface area contributed by atoms with Crippen molar-refractivity contribution in [2.24, 2.45) is 0 Å². The molecule has 2 aliphatic carbocycles. The average molecular weight is 517 g/mol. The van der Waals surface area contributed by atoms with Gasteiger partial charge in [-0.05, 0) is 51.9 Å². The van der Waals surface area contributed by atoms with Gasteiger partial charge in [0.25, 0.3) is 0 Å². The van der Waals surface area contributed by atoms with Gasteiger partial charge < -0.3 is 34.9 Å². The number of likely N-dealkylation sites (N-methyl/N-ethyl adjacent to an activating group) is 1. The van der Waals surface area contributed by atoms with Crippen molar-refractivity contribution in [1.29, 1.82) is 5.26 Å². The summed E-state index contributed by atoms with van der Waals surface area (Å²) in [6.07, 6.45) is -0.780. The van der Waals surface area contributed by atoms with E-state index in [1.54, 1.807) is 25.1 Å². The molecule has 0 bridgehead atoms. The number of aliphatic hydroxyl groups excluding tert-OH is 1. The van der Waals surface area contributed by atoms with Crippen LogP contribution in [-0.4, -0.2) is 98.6 Å². The first-order chi connectivity index (χ1) is 17.6. The highest BCUT2D eigenvalue weighted by Crippen LogP contribution is 2.59. The van der Waals surface area contributed by atoms with E-state index in [0.29, 0.717) is 5.52 Å². The number of esters is 1. The zero-order chi connectivity index (χ0) is 26.5. The van der Waals surface area contributed by atoms with Crippen molar-refractivity contribution in [3.8, 4) is 6.07 Å². The number of ether oxygens (including phenoxy) is 4. The summed E-state index contributed by atoms with van der Waals surface area (Å²) in [5.74, 6) is -0.356. The Morgan fingerprint density at radius 3 is 2.70 bits per heavy atom. The second kappa shape index (κ2) is 9.10. The van der Waals surface area contributed by atoms with Crippen molar-refractivity contribution >= 4 is 23.5 Å². The predicted molar refractivity (Wildman–Crippen MR) is 123 cm³/mol. The van der Waals surface area contributed by atoms with E-state index in [-0.39, 0.29) is 24.2 Å². The van der Waals surface area contributed by atoms with Crippen LogP contribution in [0.15, 0.2) is 18.5 Å². The Kier molecular flexibility index (Phi) is 6.19. The van der Waals surface area contributed by atoms with E-state index in [9.17, 15) is 25.1 Å². The van der Waals surface area contributed by atoms with Gasteiger partial charge in [-0.2, -0.15) is 10.4 Å². The molecule has 2 aromatic heterocycles. The van der Waals surface area contributed by atoms with Gasteiger partial charge in [0, 0.05) is 0 Å². The Bertz CT molecular complexity index is 1260. The first kappa shape index (κ1) is 25.2. The van der Waals surface area contributed by atoms with Gasteiger partial charge in [-0.15, -0.1) is 0 Å². The maximum Gasteiger partial charge on any atom is 0.508 e. The zero-order valence-corrected chi connectivity index (χ0v) is 20.3. The van der Waals surface area contributed by atoms with Gasteiger partial charge in [0.15, 0.2) is 17.5 Å². The molecule has 1 unspecified atom stereocenters. The number of nitrogen functional groups attached to an aromatic ring is 1. The number of carbonyl (C=O) groups excluding carboxylic acids is 2. The molecular weight excluding hydrogens is 488 g/mol. The summed E-state index contributed by atoms with van der Waals surface area (Å²) < 4.78 is 22.9. The van der Waals surface area contributed by atoms with E-state index < -0.39 is 47.7 Å². The molecule has 3 aliphatic rings. The van der Waals surface area contributed by atoms with E-state index in [4.69, 9.17) is 24.7 Å². The van der Waals surface area contributed by atoms with E-state index in [1.807, 2.05) is 6.07 Å². The quantitative estimate of drug-likeness (QED) is 0.398. The van der Waals surface area contributed by atoms with E-state index in [0.717, 1.165) is 25.7 Å². The molecule has 3 fully saturated rings. The van der Waals surface area contributed by atoms with Crippen molar-refractivity contribution in [2.75, 3.05) is 26.4 Å².